The standard InChI is InChI=1S/C19H38N4O2/c1-2-3-4-5-6-7-8-9-10-11-12-13-14-15-16-17-18(24)25-23(22)19(20)21/h9-10H,2-8,11-17,22H2,1H3,(H3,20,21)/b10-9-. The predicted octanol–water partition coefficient (Wildman–Crippen LogP) is 4.55. The first-order chi connectivity index (χ1) is 12.1. The second-order valence-electron chi connectivity index (χ2n) is 6.51. The number of hydrogen-bond acceptors (Lipinski definition) is 4. The smallest absolute Gasteiger partial charge is 0.334 e. The number of hydrogen-bond donors (Lipinski definition) is 3. The van der Waals surface area contributed by atoms with Crippen molar-refractivity contribution in [1.82, 2.24) is 5.17 Å². The molecule has 0 aromatic carbocycles. The fraction of sp³-hybridized carbons (Fsp3) is 0.789. The first-order valence-electron chi connectivity index (χ1n) is 9.82. The molecule has 146 valence electrons. The molecule has 0 rings (SSSR count). The third-order valence-corrected chi connectivity index (χ3v) is 4.08. The first kappa shape index (κ1) is 23.4. The highest BCUT2D eigenvalue weighted by molar-refractivity contribution is 5.76. The summed E-state index contributed by atoms with van der Waals surface area (Å²) in [6.45, 7) is 2.25. The van der Waals surface area contributed by atoms with E-state index < -0.39 is 11.9 Å². The Labute approximate surface area is 153 Å². The number of carbonyl (C=O) groups excluding carboxylic acids is 1. The van der Waals surface area contributed by atoms with E-state index in [0.717, 1.165) is 25.7 Å². The number of hydroxylamine groups is 1. The van der Waals surface area contributed by atoms with Crippen molar-refractivity contribution in [2.24, 2.45) is 11.6 Å². The van der Waals surface area contributed by atoms with Gasteiger partial charge in [0.2, 0.25) is 5.96 Å². The zero-order valence-corrected chi connectivity index (χ0v) is 16.0. The summed E-state index contributed by atoms with van der Waals surface area (Å²) in [6.07, 6.45) is 20.7. The molecule has 0 saturated heterocycles. The number of nitrogens with zero attached hydrogens (tertiary/aromatic N) is 1. The number of nitrogens with one attached hydrogen (secondary N) is 1. The highest BCUT2D eigenvalue weighted by atomic mass is 16.7. The molecule has 0 heterocycles. The summed E-state index contributed by atoms with van der Waals surface area (Å²) in [5, 5.41) is 7.47. The molecule has 0 saturated carbocycles. The molecule has 0 spiro atoms. The molecule has 6 nitrogen and oxygen atoms in total. The summed E-state index contributed by atoms with van der Waals surface area (Å²) >= 11 is 0. The minimum Gasteiger partial charge on any atom is -0.366 e. The van der Waals surface area contributed by atoms with Crippen molar-refractivity contribution in [2.75, 3.05) is 0 Å². The van der Waals surface area contributed by atoms with Crippen molar-refractivity contribution in [3.8, 4) is 0 Å². The first-order valence-corrected chi connectivity index (χ1v) is 9.82. The third kappa shape index (κ3) is 17.1. The monoisotopic (exact) mass is 354 g/mol. The van der Waals surface area contributed by atoms with Crippen LogP contribution in [-0.2, 0) is 9.63 Å². The maximum Gasteiger partial charge on any atom is 0.334 e. The topological polar surface area (TPSA) is 105 Å². The average Bonchev–Trinajstić information content (AvgIpc) is 2.58. The van der Waals surface area contributed by atoms with Gasteiger partial charge < -0.3 is 10.6 Å². The van der Waals surface area contributed by atoms with Crippen LogP contribution in [0.25, 0.3) is 0 Å². The van der Waals surface area contributed by atoms with E-state index in [9.17, 15) is 4.79 Å². The zero-order valence-electron chi connectivity index (χ0n) is 16.0. The van der Waals surface area contributed by atoms with Gasteiger partial charge in [0.25, 0.3) is 0 Å². The maximum absolute atomic E-state index is 11.4. The molecule has 0 aliphatic rings. The van der Waals surface area contributed by atoms with Crippen LogP contribution in [0.1, 0.15) is 96.8 Å². The van der Waals surface area contributed by atoms with Gasteiger partial charge in [-0.2, -0.15) is 0 Å². The highest BCUT2D eigenvalue weighted by Crippen LogP contribution is 2.10. The van der Waals surface area contributed by atoms with Crippen molar-refractivity contribution in [3.63, 3.8) is 0 Å². The minimum atomic E-state index is -0.488. The maximum atomic E-state index is 11.4. The van der Waals surface area contributed by atoms with Crippen LogP contribution in [0.5, 0.6) is 0 Å². The van der Waals surface area contributed by atoms with Crippen LogP contribution < -0.4 is 11.6 Å². The summed E-state index contributed by atoms with van der Waals surface area (Å²) in [4.78, 5) is 16.0. The second-order valence-corrected chi connectivity index (χ2v) is 6.51. The summed E-state index contributed by atoms with van der Waals surface area (Å²) < 4.78 is 0. The number of nitrogens with two attached hydrogens (primary N) is 2. The summed E-state index contributed by atoms with van der Waals surface area (Å²) in [5.41, 5.74) is 5.07. The van der Waals surface area contributed by atoms with Gasteiger partial charge in [-0.05, 0) is 32.1 Å². The highest BCUT2D eigenvalue weighted by Gasteiger charge is 2.08. The molecule has 0 bridgehead atoms. The van der Waals surface area contributed by atoms with E-state index in [4.69, 9.17) is 17.0 Å². The Bertz CT molecular complexity index is 372. The van der Waals surface area contributed by atoms with Gasteiger partial charge in [0.05, 0.1) is 0 Å². The van der Waals surface area contributed by atoms with E-state index in [1.807, 2.05) is 0 Å². The molecule has 0 aromatic rings. The lowest BCUT2D eigenvalue weighted by Gasteiger charge is -2.14. The lowest BCUT2D eigenvalue weighted by atomic mass is 10.1. The quantitative estimate of drug-likeness (QED) is 0.0999. The predicted molar refractivity (Wildman–Crippen MR) is 103 cm³/mol. The molecule has 5 N–H and O–H groups in total. The molecule has 0 fully saturated rings. The normalized spacial score (nSPS) is 11.0. The summed E-state index contributed by atoms with van der Waals surface area (Å²) in [7, 11) is 0. The Balaban J connectivity index is 3.29. The number of unbranched alkanes of at least 4 members (excludes halogenated alkanes) is 11. The van der Waals surface area contributed by atoms with Crippen LogP contribution in [0.2, 0.25) is 0 Å². The van der Waals surface area contributed by atoms with Gasteiger partial charge in [-0.1, -0.05) is 70.4 Å². The molecule has 6 heteroatoms. The molecule has 0 amide bonds. The van der Waals surface area contributed by atoms with Gasteiger partial charge in [0.15, 0.2) is 0 Å². The number of guanidine groups is 1. The second kappa shape index (κ2) is 17.3. The van der Waals surface area contributed by atoms with Gasteiger partial charge in [0, 0.05) is 6.42 Å². The van der Waals surface area contributed by atoms with Crippen LogP contribution in [0.15, 0.2) is 12.2 Å². The molecule has 0 radical (unpaired) electrons. The van der Waals surface area contributed by atoms with Crippen LogP contribution in [0.3, 0.4) is 0 Å². The van der Waals surface area contributed by atoms with Crippen LogP contribution >= 0.6 is 0 Å². The zero-order chi connectivity index (χ0) is 18.8. The summed E-state index contributed by atoms with van der Waals surface area (Å²) in [5.74, 6) is 4.27. The van der Waals surface area contributed by atoms with Gasteiger partial charge in [-0.15, -0.1) is 5.17 Å². The van der Waals surface area contributed by atoms with Gasteiger partial charge >= 0.3 is 5.97 Å². The number of allylic oxidation sites excluding steroid dienone is 2. The van der Waals surface area contributed by atoms with Crippen molar-refractivity contribution >= 4 is 11.9 Å². The molecule has 0 atom stereocenters. The van der Waals surface area contributed by atoms with E-state index in [0.29, 0.717) is 11.6 Å². The van der Waals surface area contributed by atoms with E-state index in [2.05, 4.69) is 23.9 Å². The minimum absolute atomic E-state index is 0.305. The molecule has 0 unspecified atom stereocenters. The fourth-order valence-corrected chi connectivity index (χ4v) is 2.54. The molecule has 0 aliphatic heterocycles. The van der Waals surface area contributed by atoms with Crippen LogP contribution in [0.4, 0.5) is 0 Å². The summed E-state index contributed by atoms with van der Waals surface area (Å²) in [6, 6.07) is 0. The van der Waals surface area contributed by atoms with Crippen LogP contribution in [-0.4, -0.2) is 17.1 Å². The van der Waals surface area contributed by atoms with Crippen molar-refractivity contribution in [1.29, 1.82) is 5.41 Å². The Morgan fingerprint density at radius 3 is 1.92 bits per heavy atom. The molecular formula is C19H38N4O2. The largest absolute Gasteiger partial charge is 0.366 e. The Hall–Kier alpha value is -1.56. The Morgan fingerprint density at radius 2 is 1.40 bits per heavy atom. The van der Waals surface area contributed by atoms with Gasteiger partial charge in [0.1, 0.15) is 0 Å². The number of rotatable bonds is 15. The van der Waals surface area contributed by atoms with E-state index >= 15 is 0 Å². The van der Waals surface area contributed by atoms with Crippen molar-refractivity contribution < 1.29 is 9.63 Å². The lowest BCUT2D eigenvalue weighted by molar-refractivity contribution is -0.174. The van der Waals surface area contributed by atoms with Crippen LogP contribution in [0, 0.1) is 5.41 Å². The van der Waals surface area contributed by atoms with Gasteiger partial charge in [-0.25, -0.2) is 10.6 Å². The lowest BCUT2D eigenvalue weighted by Crippen LogP contribution is -2.43. The SMILES string of the molecule is CCCCCCCC/C=C\CCCCCCCC(=O)ON(N)C(=N)N. The van der Waals surface area contributed by atoms with Gasteiger partial charge in [-0.3, -0.25) is 5.41 Å². The molecular weight excluding hydrogens is 316 g/mol. The van der Waals surface area contributed by atoms with E-state index in [1.54, 1.807) is 0 Å². The Morgan fingerprint density at radius 1 is 0.920 bits per heavy atom. The molecule has 0 aliphatic carbocycles. The number of hydrazine groups is 1. The average molecular weight is 355 g/mol. The number of carbonyl (C=O) groups is 1. The third-order valence-electron chi connectivity index (χ3n) is 4.08. The molecule has 25 heavy (non-hydrogen) atoms. The Kier molecular flexibility index (Phi) is 16.2. The van der Waals surface area contributed by atoms with Crippen molar-refractivity contribution in [2.45, 2.75) is 96.8 Å². The van der Waals surface area contributed by atoms with E-state index in [1.165, 1.54) is 57.8 Å². The van der Waals surface area contributed by atoms with Crippen molar-refractivity contribution in [3.05, 3.63) is 12.2 Å². The van der Waals surface area contributed by atoms with E-state index in [-0.39, 0.29) is 0 Å². The molecule has 0 aromatic heterocycles. The fourth-order valence-electron chi connectivity index (χ4n) is 2.54.